The number of nitrogens with zero attached hydrogens (tertiary/aromatic N) is 1. The fourth-order valence-corrected chi connectivity index (χ4v) is 2.01. The fraction of sp³-hybridized carbons (Fsp3) is 0.105. The third-order valence-corrected chi connectivity index (χ3v) is 3.36. The van der Waals surface area contributed by atoms with Gasteiger partial charge in [-0.25, -0.2) is 4.79 Å². The van der Waals surface area contributed by atoms with E-state index in [0.29, 0.717) is 23.5 Å². The van der Waals surface area contributed by atoms with Gasteiger partial charge in [-0.2, -0.15) is 5.26 Å². The molecule has 0 aromatic heterocycles. The summed E-state index contributed by atoms with van der Waals surface area (Å²) in [5.41, 5.74) is 7.03. The number of ether oxygens (including phenoxy) is 2. The molecule has 0 spiro atoms. The van der Waals surface area contributed by atoms with Crippen LogP contribution in [0.2, 0.25) is 0 Å². The Hall–Kier alpha value is -3.59. The van der Waals surface area contributed by atoms with Crippen LogP contribution in [0.15, 0.2) is 54.1 Å². The standard InChI is InChI=1S/C19H16N2O4/c1-24-19(23)15-6-2-14(3-7-15)12-25-17-8-4-13(5-9-17)10-16(11-20)18(21)22/h2-10H,12H2,1H3,(H2,21,22). The quantitative estimate of drug-likeness (QED) is 0.496. The highest BCUT2D eigenvalue weighted by atomic mass is 16.5. The van der Waals surface area contributed by atoms with Crippen molar-refractivity contribution in [2.24, 2.45) is 5.73 Å². The number of rotatable bonds is 6. The Balaban J connectivity index is 1.99. The van der Waals surface area contributed by atoms with Crippen molar-refractivity contribution in [3.8, 4) is 11.8 Å². The molecule has 1 amide bonds. The van der Waals surface area contributed by atoms with Gasteiger partial charge in [-0.1, -0.05) is 24.3 Å². The number of primary amides is 1. The Morgan fingerprint density at radius 2 is 1.76 bits per heavy atom. The van der Waals surface area contributed by atoms with E-state index in [-0.39, 0.29) is 11.5 Å². The first-order chi connectivity index (χ1) is 12.0. The molecule has 25 heavy (non-hydrogen) atoms. The normalized spacial score (nSPS) is 10.6. The predicted molar refractivity (Wildman–Crippen MR) is 91.3 cm³/mol. The minimum Gasteiger partial charge on any atom is -0.489 e. The summed E-state index contributed by atoms with van der Waals surface area (Å²) in [7, 11) is 1.33. The zero-order valence-corrected chi connectivity index (χ0v) is 13.6. The van der Waals surface area contributed by atoms with Gasteiger partial charge in [0.2, 0.25) is 0 Å². The first kappa shape index (κ1) is 17.8. The molecule has 2 N–H and O–H groups in total. The van der Waals surface area contributed by atoms with Gasteiger partial charge in [-0.15, -0.1) is 0 Å². The highest BCUT2D eigenvalue weighted by Crippen LogP contribution is 2.16. The summed E-state index contributed by atoms with van der Waals surface area (Å²) in [6, 6.07) is 15.6. The number of nitriles is 1. The van der Waals surface area contributed by atoms with Crippen molar-refractivity contribution in [1.82, 2.24) is 0 Å². The lowest BCUT2D eigenvalue weighted by Gasteiger charge is -2.07. The molecule has 0 aliphatic heterocycles. The van der Waals surface area contributed by atoms with E-state index >= 15 is 0 Å². The molecule has 0 saturated heterocycles. The maximum absolute atomic E-state index is 11.4. The van der Waals surface area contributed by atoms with Crippen molar-refractivity contribution in [3.63, 3.8) is 0 Å². The van der Waals surface area contributed by atoms with Crippen LogP contribution in [0.3, 0.4) is 0 Å². The van der Waals surface area contributed by atoms with Crippen LogP contribution in [0.25, 0.3) is 6.08 Å². The van der Waals surface area contributed by atoms with Gasteiger partial charge in [0, 0.05) is 0 Å². The number of hydrogen-bond acceptors (Lipinski definition) is 5. The summed E-state index contributed by atoms with van der Waals surface area (Å²) in [6.45, 7) is 0.335. The van der Waals surface area contributed by atoms with Crippen molar-refractivity contribution in [3.05, 3.63) is 70.8 Å². The molecule has 0 unspecified atom stereocenters. The van der Waals surface area contributed by atoms with Crippen molar-refractivity contribution in [2.75, 3.05) is 7.11 Å². The lowest BCUT2D eigenvalue weighted by molar-refractivity contribution is -0.114. The molecule has 2 rings (SSSR count). The van der Waals surface area contributed by atoms with E-state index in [1.54, 1.807) is 54.6 Å². The Morgan fingerprint density at radius 3 is 2.28 bits per heavy atom. The second kappa shape index (κ2) is 8.31. The molecule has 0 radical (unpaired) electrons. The Labute approximate surface area is 145 Å². The van der Waals surface area contributed by atoms with Gasteiger partial charge in [0.05, 0.1) is 12.7 Å². The molecule has 2 aromatic carbocycles. The van der Waals surface area contributed by atoms with Gasteiger partial charge >= 0.3 is 5.97 Å². The molecular formula is C19H16N2O4. The largest absolute Gasteiger partial charge is 0.489 e. The van der Waals surface area contributed by atoms with E-state index in [1.807, 2.05) is 0 Å². The summed E-state index contributed by atoms with van der Waals surface area (Å²) < 4.78 is 10.3. The van der Waals surface area contributed by atoms with E-state index < -0.39 is 5.91 Å². The minimum atomic E-state index is -0.766. The van der Waals surface area contributed by atoms with Crippen LogP contribution in [0.1, 0.15) is 21.5 Å². The third kappa shape index (κ3) is 4.94. The number of nitrogens with two attached hydrogens (primary N) is 1. The topological polar surface area (TPSA) is 102 Å². The first-order valence-corrected chi connectivity index (χ1v) is 7.35. The fourth-order valence-electron chi connectivity index (χ4n) is 2.01. The smallest absolute Gasteiger partial charge is 0.337 e. The average Bonchev–Trinajstić information content (AvgIpc) is 2.64. The van der Waals surface area contributed by atoms with E-state index in [1.165, 1.54) is 13.2 Å². The zero-order chi connectivity index (χ0) is 18.2. The van der Waals surface area contributed by atoms with E-state index in [2.05, 4.69) is 4.74 Å². The number of hydrogen-bond donors (Lipinski definition) is 1. The van der Waals surface area contributed by atoms with Gasteiger partial charge in [0.25, 0.3) is 5.91 Å². The predicted octanol–water partition coefficient (Wildman–Crippen LogP) is 2.44. The van der Waals surface area contributed by atoms with Crippen molar-refractivity contribution < 1.29 is 19.1 Å². The molecule has 0 saturated carbocycles. The van der Waals surface area contributed by atoms with Crippen LogP contribution in [0, 0.1) is 11.3 Å². The number of amides is 1. The van der Waals surface area contributed by atoms with Crippen LogP contribution in [-0.2, 0) is 16.1 Å². The Kier molecular flexibility index (Phi) is 5.91. The van der Waals surface area contributed by atoms with E-state index in [0.717, 1.165) is 5.56 Å². The van der Waals surface area contributed by atoms with Gasteiger partial charge in [0.1, 0.15) is 24.0 Å². The number of methoxy groups -OCH3 is 1. The van der Waals surface area contributed by atoms with Gasteiger partial charge < -0.3 is 15.2 Å². The zero-order valence-electron chi connectivity index (χ0n) is 13.6. The first-order valence-electron chi connectivity index (χ1n) is 7.35. The second-order valence-electron chi connectivity index (χ2n) is 5.08. The molecular weight excluding hydrogens is 320 g/mol. The maximum atomic E-state index is 11.4. The highest BCUT2D eigenvalue weighted by molar-refractivity contribution is 6.00. The summed E-state index contributed by atoms with van der Waals surface area (Å²) >= 11 is 0. The molecule has 6 heteroatoms. The number of carbonyl (C=O) groups is 2. The number of esters is 1. The van der Waals surface area contributed by atoms with Crippen molar-refractivity contribution >= 4 is 18.0 Å². The van der Waals surface area contributed by atoms with E-state index in [9.17, 15) is 9.59 Å². The Morgan fingerprint density at radius 1 is 1.12 bits per heavy atom. The monoisotopic (exact) mass is 336 g/mol. The Bertz CT molecular complexity index is 831. The molecule has 0 aliphatic rings. The summed E-state index contributed by atoms with van der Waals surface area (Å²) in [6.07, 6.45) is 1.41. The number of benzene rings is 2. The molecule has 0 atom stereocenters. The third-order valence-electron chi connectivity index (χ3n) is 3.36. The average molecular weight is 336 g/mol. The molecule has 0 aliphatic carbocycles. The van der Waals surface area contributed by atoms with Gasteiger partial charge in [-0.05, 0) is 41.5 Å². The van der Waals surface area contributed by atoms with E-state index in [4.69, 9.17) is 15.7 Å². The SMILES string of the molecule is COC(=O)c1ccc(COc2ccc(C=C(C#N)C(N)=O)cc2)cc1. The van der Waals surface area contributed by atoms with Crippen molar-refractivity contribution in [2.45, 2.75) is 6.61 Å². The molecule has 0 heterocycles. The second-order valence-corrected chi connectivity index (χ2v) is 5.08. The molecule has 0 bridgehead atoms. The van der Waals surface area contributed by atoms with Crippen LogP contribution < -0.4 is 10.5 Å². The summed E-state index contributed by atoms with van der Waals surface area (Å²) in [4.78, 5) is 22.4. The van der Waals surface area contributed by atoms with Crippen molar-refractivity contribution in [1.29, 1.82) is 5.26 Å². The van der Waals surface area contributed by atoms with Crippen LogP contribution >= 0.6 is 0 Å². The molecule has 0 fully saturated rings. The van der Waals surface area contributed by atoms with Crippen LogP contribution in [-0.4, -0.2) is 19.0 Å². The molecule has 2 aromatic rings. The summed E-state index contributed by atoms with van der Waals surface area (Å²) in [5.74, 6) is -0.520. The molecule has 126 valence electrons. The van der Waals surface area contributed by atoms with Gasteiger partial charge in [0.15, 0.2) is 0 Å². The maximum Gasteiger partial charge on any atom is 0.337 e. The van der Waals surface area contributed by atoms with Crippen LogP contribution in [0.4, 0.5) is 0 Å². The lowest BCUT2D eigenvalue weighted by Crippen LogP contribution is -2.12. The van der Waals surface area contributed by atoms with Crippen LogP contribution in [0.5, 0.6) is 5.75 Å². The number of carbonyl (C=O) groups excluding carboxylic acids is 2. The highest BCUT2D eigenvalue weighted by Gasteiger charge is 2.05. The lowest BCUT2D eigenvalue weighted by atomic mass is 10.1. The summed E-state index contributed by atoms with van der Waals surface area (Å²) in [5, 5.41) is 8.82. The minimum absolute atomic E-state index is 0.112. The van der Waals surface area contributed by atoms with Gasteiger partial charge in [-0.3, -0.25) is 4.79 Å². The molecule has 6 nitrogen and oxygen atoms in total.